The molecule has 7 nitrogen and oxygen atoms in total. The van der Waals surface area contributed by atoms with Gasteiger partial charge in [-0.1, -0.05) is 19.1 Å². The molecule has 3 aliphatic heterocycles. The van der Waals surface area contributed by atoms with Crippen LogP contribution in [0.25, 0.3) is 0 Å². The Bertz CT molecular complexity index is 953. The molecule has 2 saturated heterocycles. The molecular formula is C21H23N5O2. The van der Waals surface area contributed by atoms with Gasteiger partial charge in [0.05, 0.1) is 16.9 Å². The Balaban J connectivity index is 1.52. The number of carbonyl (C=O) groups is 2. The summed E-state index contributed by atoms with van der Waals surface area (Å²) in [4.78, 5) is 36.6. The molecule has 3 amide bonds. The van der Waals surface area contributed by atoms with Crippen molar-refractivity contribution >= 4 is 29.1 Å². The summed E-state index contributed by atoms with van der Waals surface area (Å²) in [6.07, 6.45) is 2.65. The smallest absolute Gasteiger partial charge is 0.323 e. The van der Waals surface area contributed by atoms with Crippen LogP contribution in [0.5, 0.6) is 0 Å². The van der Waals surface area contributed by atoms with E-state index in [9.17, 15) is 9.59 Å². The Hall–Kier alpha value is -2.93. The molecule has 144 valence electrons. The maximum absolute atomic E-state index is 13.6. The van der Waals surface area contributed by atoms with Crippen molar-refractivity contribution in [1.82, 2.24) is 14.8 Å². The van der Waals surface area contributed by atoms with Crippen LogP contribution >= 0.6 is 0 Å². The molecule has 4 heterocycles. The Morgan fingerprint density at radius 1 is 1.18 bits per heavy atom. The van der Waals surface area contributed by atoms with E-state index >= 15 is 0 Å². The molecule has 0 atom stereocenters. The number of likely N-dealkylation sites (tertiary alicyclic amines) is 2. The quantitative estimate of drug-likeness (QED) is 0.830. The average Bonchev–Trinajstić information content (AvgIpc) is 3.09. The van der Waals surface area contributed by atoms with Crippen LogP contribution in [0.15, 0.2) is 42.6 Å². The van der Waals surface area contributed by atoms with Crippen molar-refractivity contribution in [2.24, 2.45) is 5.41 Å². The van der Waals surface area contributed by atoms with Gasteiger partial charge in [-0.25, -0.2) is 14.7 Å². The number of urea groups is 1. The number of carbonyl (C=O) groups excluding carboxylic acids is 2. The van der Waals surface area contributed by atoms with Gasteiger partial charge in [0.25, 0.3) is 5.91 Å². The Morgan fingerprint density at radius 3 is 2.82 bits per heavy atom. The number of nitrogens with one attached hydrogen (secondary N) is 1. The highest BCUT2D eigenvalue weighted by atomic mass is 16.2. The second-order valence-corrected chi connectivity index (χ2v) is 7.94. The number of nitrogens with zero attached hydrogens (tertiary/aromatic N) is 4. The number of pyridine rings is 1. The summed E-state index contributed by atoms with van der Waals surface area (Å²) in [7, 11) is 0. The SMILES string of the molecule is CCN1CC2(CCN(C(=O)N3c4ccccc4NC(=O)c4cccnc43)C2)C1. The molecule has 2 fully saturated rings. The van der Waals surface area contributed by atoms with E-state index < -0.39 is 0 Å². The maximum atomic E-state index is 13.6. The number of para-hydroxylation sites is 2. The van der Waals surface area contributed by atoms with Crippen LogP contribution in [0.3, 0.4) is 0 Å². The lowest BCUT2D eigenvalue weighted by molar-refractivity contribution is 0.0158. The molecule has 0 aliphatic carbocycles. The van der Waals surface area contributed by atoms with Gasteiger partial charge in [0.2, 0.25) is 0 Å². The van der Waals surface area contributed by atoms with Crippen LogP contribution < -0.4 is 10.2 Å². The van der Waals surface area contributed by atoms with Gasteiger partial charge in [-0.15, -0.1) is 0 Å². The van der Waals surface area contributed by atoms with E-state index in [2.05, 4.69) is 22.1 Å². The van der Waals surface area contributed by atoms with Crippen molar-refractivity contribution in [3.05, 3.63) is 48.2 Å². The lowest BCUT2D eigenvalue weighted by Crippen LogP contribution is -2.57. The summed E-state index contributed by atoms with van der Waals surface area (Å²) in [5, 5.41) is 2.91. The van der Waals surface area contributed by atoms with Crippen molar-refractivity contribution in [2.75, 3.05) is 42.9 Å². The zero-order valence-electron chi connectivity index (χ0n) is 15.9. The van der Waals surface area contributed by atoms with Gasteiger partial charge >= 0.3 is 6.03 Å². The molecule has 1 spiro atoms. The molecule has 0 radical (unpaired) electrons. The Kier molecular flexibility index (Phi) is 3.87. The fourth-order valence-electron chi connectivity index (χ4n) is 4.65. The topological polar surface area (TPSA) is 68.8 Å². The number of fused-ring (bicyclic) bond motifs is 2. The summed E-state index contributed by atoms with van der Waals surface area (Å²) < 4.78 is 0. The molecular weight excluding hydrogens is 354 g/mol. The van der Waals surface area contributed by atoms with Crippen molar-refractivity contribution in [3.63, 3.8) is 0 Å². The van der Waals surface area contributed by atoms with Gasteiger partial charge in [-0.2, -0.15) is 0 Å². The first kappa shape index (κ1) is 17.2. The van der Waals surface area contributed by atoms with E-state index in [0.29, 0.717) is 22.8 Å². The Labute approximate surface area is 163 Å². The van der Waals surface area contributed by atoms with Gasteiger partial charge in [-0.3, -0.25) is 4.79 Å². The summed E-state index contributed by atoms with van der Waals surface area (Å²) >= 11 is 0. The number of rotatable bonds is 1. The van der Waals surface area contributed by atoms with Gasteiger partial charge in [0.15, 0.2) is 5.82 Å². The van der Waals surface area contributed by atoms with Gasteiger partial charge in [0.1, 0.15) is 0 Å². The lowest BCUT2D eigenvalue weighted by Gasteiger charge is -2.47. The fraction of sp³-hybridized carbons (Fsp3) is 0.381. The van der Waals surface area contributed by atoms with Crippen molar-refractivity contribution in [3.8, 4) is 0 Å². The summed E-state index contributed by atoms with van der Waals surface area (Å²) in [6, 6.07) is 10.7. The first-order valence-corrected chi connectivity index (χ1v) is 9.77. The predicted octanol–water partition coefficient (Wildman–Crippen LogP) is 2.93. The minimum absolute atomic E-state index is 0.115. The highest BCUT2D eigenvalue weighted by Crippen LogP contribution is 2.42. The molecule has 0 saturated carbocycles. The van der Waals surface area contributed by atoms with E-state index in [4.69, 9.17) is 0 Å². The third-order valence-electron chi connectivity index (χ3n) is 6.10. The van der Waals surface area contributed by atoms with Crippen LogP contribution in [-0.4, -0.2) is 59.4 Å². The second kappa shape index (κ2) is 6.31. The fourth-order valence-corrected chi connectivity index (χ4v) is 4.65. The second-order valence-electron chi connectivity index (χ2n) is 7.94. The molecule has 3 aliphatic rings. The van der Waals surface area contributed by atoms with Crippen LogP contribution in [-0.2, 0) is 0 Å². The first-order chi connectivity index (χ1) is 13.6. The molecule has 1 aromatic carbocycles. The van der Waals surface area contributed by atoms with Crippen molar-refractivity contribution in [2.45, 2.75) is 13.3 Å². The molecule has 28 heavy (non-hydrogen) atoms. The number of amides is 3. The predicted molar refractivity (Wildman–Crippen MR) is 107 cm³/mol. The van der Waals surface area contributed by atoms with Crippen LogP contribution in [0, 0.1) is 5.41 Å². The highest BCUT2D eigenvalue weighted by Gasteiger charge is 2.49. The third kappa shape index (κ3) is 2.57. The van der Waals surface area contributed by atoms with E-state index in [-0.39, 0.29) is 17.4 Å². The lowest BCUT2D eigenvalue weighted by atomic mass is 9.79. The monoisotopic (exact) mass is 377 g/mol. The average molecular weight is 377 g/mol. The van der Waals surface area contributed by atoms with Gasteiger partial charge in [0, 0.05) is 37.8 Å². The minimum Gasteiger partial charge on any atom is -0.323 e. The number of anilines is 3. The summed E-state index contributed by atoms with van der Waals surface area (Å²) in [5.74, 6) is 0.140. The number of hydrogen-bond donors (Lipinski definition) is 1. The largest absolute Gasteiger partial charge is 0.330 e. The summed E-state index contributed by atoms with van der Waals surface area (Å²) in [5.41, 5.74) is 1.90. The van der Waals surface area contributed by atoms with E-state index in [1.165, 1.54) is 0 Å². The van der Waals surface area contributed by atoms with E-state index in [1.807, 2.05) is 29.2 Å². The minimum atomic E-state index is -0.249. The van der Waals surface area contributed by atoms with E-state index in [0.717, 1.165) is 39.1 Å². The summed E-state index contributed by atoms with van der Waals surface area (Å²) in [6.45, 7) is 6.83. The van der Waals surface area contributed by atoms with Crippen molar-refractivity contribution < 1.29 is 9.59 Å². The molecule has 2 aromatic rings. The number of benzene rings is 1. The number of hydrogen-bond acceptors (Lipinski definition) is 4. The van der Waals surface area contributed by atoms with Crippen LogP contribution in [0.2, 0.25) is 0 Å². The Morgan fingerprint density at radius 2 is 2.00 bits per heavy atom. The third-order valence-corrected chi connectivity index (χ3v) is 6.10. The standard InChI is InChI=1S/C21H23N5O2/c1-2-24-12-21(13-24)9-11-25(14-21)20(28)26-17-8-4-3-7-16(17)23-19(27)15-6-5-10-22-18(15)26/h3-8,10H,2,9,11-14H2,1H3,(H,23,27). The zero-order valence-corrected chi connectivity index (χ0v) is 15.9. The first-order valence-electron chi connectivity index (χ1n) is 9.77. The molecule has 5 rings (SSSR count). The molecule has 7 heteroatoms. The van der Waals surface area contributed by atoms with Gasteiger partial charge in [-0.05, 0) is 37.2 Å². The van der Waals surface area contributed by atoms with Crippen LogP contribution in [0.4, 0.5) is 22.0 Å². The number of aromatic nitrogens is 1. The van der Waals surface area contributed by atoms with E-state index in [1.54, 1.807) is 23.2 Å². The maximum Gasteiger partial charge on any atom is 0.330 e. The normalized spacial score (nSPS) is 20.2. The van der Waals surface area contributed by atoms with Gasteiger partial charge < -0.3 is 15.1 Å². The van der Waals surface area contributed by atoms with Crippen molar-refractivity contribution in [1.29, 1.82) is 0 Å². The highest BCUT2D eigenvalue weighted by molar-refractivity contribution is 6.16. The molecule has 0 bridgehead atoms. The van der Waals surface area contributed by atoms with Crippen LogP contribution in [0.1, 0.15) is 23.7 Å². The molecule has 0 unspecified atom stereocenters. The zero-order chi connectivity index (χ0) is 19.3. The molecule has 1 aromatic heterocycles. The molecule has 1 N–H and O–H groups in total.